The van der Waals surface area contributed by atoms with Gasteiger partial charge in [0.15, 0.2) is 5.40 Å². The van der Waals surface area contributed by atoms with E-state index in [1.165, 1.54) is 34.5 Å². The lowest BCUT2D eigenvalue weighted by Crippen LogP contribution is -2.18. The number of pyridine rings is 1. The first-order chi connectivity index (χ1) is 14.3. The first-order valence-corrected chi connectivity index (χ1v) is 12.4. The minimum absolute atomic E-state index is 0.0608. The standard InChI is InChI=1S/C19H27NO8P2/c1-24-29(22,25-2)19(30(23,26-3)27-4)16-9-11-17(12-10-16)28-15-7-14-20-13-6-5-8-18(20)21/h5-6,8-13,19H,7,14-15H2,1-4H3. The van der Waals surface area contributed by atoms with E-state index in [0.717, 1.165) is 0 Å². The molecule has 1 heterocycles. The third kappa shape index (κ3) is 5.70. The average Bonchev–Trinajstić information content (AvgIpc) is 2.78. The van der Waals surface area contributed by atoms with Crippen molar-refractivity contribution >= 4 is 15.2 Å². The SMILES string of the molecule is COP(=O)(OC)C(c1ccc(OCCCn2ccccc2=O)cc1)P(=O)(OC)OC. The van der Waals surface area contributed by atoms with Crippen LogP contribution in [0.3, 0.4) is 0 Å². The number of benzene rings is 1. The van der Waals surface area contributed by atoms with Gasteiger partial charge < -0.3 is 27.4 Å². The maximum absolute atomic E-state index is 13.0. The molecule has 0 bridgehead atoms. The Morgan fingerprint density at radius 1 is 0.867 bits per heavy atom. The van der Waals surface area contributed by atoms with E-state index in [1.807, 2.05) is 0 Å². The molecule has 0 radical (unpaired) electrons. The Morgan fingerprint density at radius 2 is 1.43 bits per heavy atom. The van der Waals surface area contributed by atoms with Crippen LogP contribution in [0.4, 0.5) is 0 Å². The molecule has 0 fully saturated rings. The molecule has 0 N–H and O–H groups in total. The molecule has 11 heteroatoms. The minimum atomic E-state index is -3.83. The normalized spacial score (nSPS) is 12.3. The fraction of sp³-hybridized carbons (Fsp3) is 0.421. The number of aryl methyl sites for hydroxylation is 1. The molecular weight excluding hydrogens is 432 g/mol. The van der Waals surface area contributed by atoms with E-state index in [2.05, 4.69) is 0 Å². The highest BCUT2D eigenvalue weighted by Gasteiger charge is 2.50. The van der Waals surface area contributed by atoms with Crippen molar-refractivity contribution in [2.24, 2.45) is 0 Å². The summed E-state index contributed by atoms with van der Waals surface area (Å²) in [6.45, 7) is 0.933. The Hall–Kier alpha value is -1.73. The Balaban J connectivity index is 2.11. The molecule has 0 saturated heterocycles. The zero-order chi connectivity index (χ0) is 22.2. The van der Waals surface area contributed by atoms with Gasteiger partial charge >= 0.3 is 15.2 Å². The predicted molar refractivity (Wildman–Crippen MR) is 113 cm³/mol. The van der Waals surface area contributed by atoms with Crippen molar-refractivity contribution in [3.63, 3.8) is 0 Å². The lowest BCUT2D eigenvalue weighted by atomic mass is 10.2. The van der Waals surface area contributed by atoms with Crippen molar-refractivity contribution in [2.75, 3.05) is 35.0 Å². The van der Waals surface area contributed by atoms with Gasteiger partial charge in [0.25, 0.3) is 0 Å². The summed E-state index contributed by atoms with van der Waals surface area (Å²) in [5, 5.41) is -1.26. The smallest absolute Gasteiger partial charge is 0.349 e. The molecule has 2 rings (SSSR count). The largest absolute Gasteiger partial charge is 0.494 e. The molecule has 30 heavy (non-hydrogen) atoms. The third-order valence-corrected chi connectivity index (χ3v) is 10.0. The van der Waals surface area contributed by atoms with Gasteiger partial charge in [0, 0.05) is 47.2 Å². The highest BCUT2D eigenvalue weighted by Crippen LogP contribution is 2.77. The number of aromatic nitrogens is 1. The molecule has 2 aromatic rings. The zero-order valence-electron chi connectivity index (χ0n) is 17.4. The molecule has 0 aliphatic heterocycles. The van der Waals surface area contributed by atoms with Crippen LogP contribution in [0, 0.1) is 0 Å². The molecule has 1 aromatic carbocycles. The number of rotatable bonds is 12. The summed E-state index contributed by atoms with van der Waals surface area (Å²) < 4.78 is 53.6. The van der Waals surface area contributed by atoms with Crippen LogP contribution in [-0.4, -0.2) is 39.6 Å². The Bertz CT molecular complexity index is 918. The van der Waals surface area contributed by atoms with E-state index in [-0.39, 0.29) is 5.56 Å². The van der Waals surface area contributed by atoms with E-state index in [0.29, 0.717) is 30.9 Å². The van der Waals surface area contributed by atoms with Crippen LogP contribution < -0.4 is 10.3 Å². The predicted octanol–water partition coefficient (Wildman–Crippen LogP) is 4.29. The van der Waals surface area contributed by atoms with Gasteiger partial charge in [0.1, 0.15) is 5.75 Å². The van der Waals surface area contributed by atoms with Crippen LogP contribution in [0.15, 0.2) is 53.5 Å². The van der Waals surface area contributed by atoms with E-state index in [1.54, 1.807) is 47.2 Å². The van der Waals surface area contributed by atoms with Gasteiger partial charge in [0.05, 0.1) is 6.61 Å². The second-order valence-corrected chi connectivity index (χ2v) is 11.2. The minimum Gasteiger partial charge on any atom is -0.494 e. The van der Waals surface area contributed by atoms with Crippen molar-refractivity contribution in [2.45, 2.75) is 18.4 Å². The molecule has 0 saturated carbocycles. The molecule has 1 aromatic heterocycles. The molecule has 0 aliphatic carbocycles. The van der Waals surface area contributed by atoms with Crippen LogP contribution in [-0.2, 0) is 33.8 Å². The van der Waals surface area contributed by atoms with Crippen LogP contribution in [0.2, 0.25) is 0 Å². The lowest BCUT2D eigenvalue weighted by Gasteiger charge is -2.29. The van der Waals surface area contributed by atoms with E-state index >= 15 is 0 Å². The van der Waals surface area contributed by atoms with Crippen LogP contribution in [0.5, 0.6) is 5.75 Å². The molecule has 0 unspecified atom stereocenters. The summed E-state index contributed by atoms with van der Waals surface area (Å²) in [5.41, 5.74) is 0.339. The van der Waals surface area contributed by atoms with E-state index in [9.17, 15) is 13.9 Å². The Kier molecular flexibility index (Phi) is 9.04. The van der Waals surface area contributed by atoms with Gasteiger partial charge in [0.2, 0.25) is 5.56 Å². The second-order valence-electron chi connectivity index (χ2n) is 6.19. The highest BCUT2D eigenvalue weighted by molar-refractivity contribution is 7.72. The van der Waals surface area contributed by atoms with Gasteiger partial charge in [-0.2, -0.15) is 0 Å². The van der Waals surface area contributed by atoms with Crippen molar-refractivity contribution in [1.29, 1.82) is 0 Å². The molecular formula is C19H27NO8P2. The van der Waals surface area contributed by atoms with Crippen molar-refractivity contribution in [3.05, 3.63) is 64.6 Å². The molecule has 166 valence electrons. The quantitative estimate of drug-likeness (QED) is 0.342. The first-order valence-electron chi connectivity index (χ1n) is 9.14. The van der Waals surface area contributed by atoms with Crippen molar-refractivity contribution in [1.82, 2.24) is 4.57 Å². The summed E-state index contributed by atoms with van der Waals surface area (Å²) in [5.74, 6) is 0.562. The number of ether oxygens (including phenoxy) is 1. The number of hydrogen-bond acceptors (Lipinski definition) is 8. The van der Waals surface area contributed by atoms with Crippen molar-refractivity contribution in [3.8, 4) is 5.75 Å². The fourth-order valence-electron chi connectivity index (χ4n) is 2.89. The average molecular weight is 459 g/mol. The van der Waals surface area contributed by atoms with Crippen LogP contribution >= 0.6 is 15.2 Å². The highest BCUT2D eigenvalue weighted by atomic mass is 31.2. The lowest BCUT2D eigenvalue weighted by molar-refractivity contribution is 0.247. The number of nitrogens with zero attached hydrogens (tertiary/aromatic N) is 1. The summed E-state index contributed by atoms with van der Waals surface area (Å²) in [6.07, 6.45) is 2.37. The topological polar surface area (TPSA) is 102 Å². The summed E-state index contributed by atoms with van der Waals surface area (Å²) in [6, 6.07) is 11.5. The summed E-state index contributed by atoms with van der Waals surface area (Å²) in [4.78, 5) is 11.7. The first kappa shape index (κ1) is 24.5. The third-order valence-electron chi connectivity index (χ3n) is 4.51. The maximum Gasteiger partial charge on any atom is 0.349 e. The van der Waals surface area contributed by atoms with Crippen molar-refractivity contribution < 1.29 is 32.0 Å². The molecule has 0 atom stereocenters. The van der Waals surface area contributed by atoms with Crippen LogP contribution in [0.25, 0.3) is 0 Å². The van der Waals surface area contributed by atoms with E-state index in [4.69, 9.17) is 22.8 Å². The van der Waals surface area contributed by atoms with Crippen LogP contribution in [0.1, 0.15) is 17.4 Å². The zero-order valence-corrected chi connectivity index (χ0v) is 19.2. The van der Waals surface area contributed by atoms with Gasteiger partial charge in [-0.1, -0.05) is 18.2 Å². The van der Waals surface area contributed by atoms with E-state index < -0.39 is 20.6 Å². The van der Waals surface area contributed by atoms with Gasteiger partial charge in [-0.05, 0) is 30.2 Å². The second kappa shape index (κ2) is 11.0. The Morgan fingerprint density at radius 3 is 1.93 bits per heavy atom. The number of hydrogen-bond donors (Lipinski definition) is 0. The molecule has 9 nitrogen and oxygen atoms in total. The van der Waals surface area contributed by atoms with Gasteiger partial charge in [-0.25, -0.2) is 0 Å². The summed E-state index contributed by atoms with van der Waals surface area (Å²) in [7, 11) is -2.82. The Labute approximate surface area is 175 Å². The summed E-state index contributed by atoms with van der Waals surface area (Å²) >= 11 is 0. The molecule has 0 spiro atoms. The van der Waals surface area contributed by atoms with Gasteiger partial charge in [-0.3, -0.25) is 13.9 Å². The monoisotopic (exact) mass is 459 g/mol. The fourth-order valence-corrected chi connectivity index (χ4v) is 7.58. The molecule has 0 amide bonds. The molecule has 0 aliphatic rings. The maximum atomic E-state index is 13.0. The van der Waals surface area contributed by atoms with Gasteiger partial charge in [-0.15, -0.1) is 0 Å².